The monoisotopic (exact) mass is 431 g/mol. The van der Waals surface area contributed by atoms with Crippen LogP contribution in [-0.2, 0) is 16.0 Å². The van der Waals surface area contributed by atoms with E-state index in [2.05, 4.69) is 17.4 Å². The van der Waals surface area contributed by atoms with Crippen molar-refractivity contribution >= 4 is 12.1 Å². The lowest BCUT2D eigenvalue weighted by Gasteiger charge is -2.19. The van der Waals surface area contributed by atoms with Gasteiger partial charge in [-0.05, 0) is 58.9 Å². The summed E-state index contributed by atoms with van der Waals surface area (Å²) in [6, 6.07) is 18.1. The molecule has 6 nitrogen and oxygen atoms in total. The molecule has 0 bridgehead atoms. The minimum Gasteiger partial charge on any atom is -0.508 e. The predicted octanol–water partition coefficient (Wildman–Crippen LogP) is 4.54. The zero-order valence-electron chi connectivity index (χ0n) is 18.0. The summed E-state index contributed by atoms with van der Waals surface area (Å²) in [5.41, 5.74) is 6.65. The molecule has 1 unspecified atom stereocenters. The average molecular weight is 431 g/mol. The SMILES string of the molecule is Cc1c(O)ccc(CC(NC(=O)OCC2c3ccccc3-c3ccccc32)C(=O)O)c1C. The normalized spacial score (nSPS) is 13.2. The zero-order valence-corrected chi connectivity index (χ0v) is 18.0. The summed E-state index contributed by atoms with van der Waals surface area (Å²) in [5, 5.41) is 21.9. The molecule has 3 aromatic rings. The molecule has 0 aromatic heterocycles. The summed E-state index contributed by atoms with van der Waals surface area (Å²) in [6.45, 7) is 3.70. The summed E-state index contributed by atoms with van der Waals surface area (Å²) in [6.07, 6.45) is -0.681. The van der Waals surface area contributed by atoms with Gasteiger partial charge in [-0.3, -0.25) is 0 Å². The largest absolute Gasteiger partial charge is 0.508 e. The van der Waals surface area contributed by atoms with Gasteiger partial charge in [0.25, 0.3) is 0 Å². The number of phenols is 1. The lowest BCUT2D eigenvalue weighted by molar-refractivity contribution is -0.139. The number of hydrogen-bond acceptors (Lipinski definition) is 4. The summed E-state index contributed by atoms with van der Waals surface area (Å²) in [7, 11) is 0. The topological polar surface area (TPSA) is 95.9 Å². The molecule has 1 amide bonds. The number of aliphatic carboxylic acids is 1. The number of benzene rings is 3. The van der Waals surface area contributed by atoms with Crippen LogP contribution in [0.1, 0.15) is 33.7 Å². The van der Waals surface area contributed by atoms with Crippen LogP contribution in [0.2, 0.25) is 0 Å². The molecule has 1 aliphatic rings. The standard InChI is InChI=1S/C26H25NO5/c1-15-16(2)24(28)12-11-17(15)13-23(25(29)30)27-26(31)32-14-22-20-9-5-3-7-18(20)19-8-4-6-10-21(19)22/h3-12,22-23,28H,13-14H2,1-2H3,(H,27,31)(H,29,30). The third kappa shape index (κ3) is 4.04. The molecule has 164 valence electrons. The van der Waals surface area contributed by atoms with Crippen molar-refractivity contribution in [1.82, 2.24) is 5.32 Å². The van der Waals surface area contributed by atoms with Crippen molar-refractivity contribution in [3.05, 3.63) is 88.5 Å². The number of rotatable bonds is 6. The summed E-state index contributed by atoms with van der Waals surface area (Å²) < 4.78 is 5.48. The van der Waals surface area contributed by atoms with Crippen LogP contribution in [0.15, 0.2) is 60.7 Å². The summed E-state index contributed by atoms with van der Waals surface area (Å²) in [5.74, 6) is -1.09. The molecule has 0 saturated carbocycles. The molecule has 6 heteroatoms. The quantitative estimate of drug-likeness (QED) is 0.532. The fourth-order valence-corrected chi connectivity index (χ4v) is 4.29. The molecule has 0 saturated heterocycles. The second kappa shape index (κ2) is 8.75. The van der Waals surface area contributed by atoms with Gasteiger partial charge >= 0.3 is 12.1 Å². The number of alkyl carbamates (subject to hydrolysis) is 1. The van der Waals surface area contributed by atoms with Gasteiger partial charge in [0, 0.05) is 12.3 Å². The summed E-state index contributed by atoms with van der Waals surface area (Å²) in [4.78, 5) is 24.3. The van der Waals surface area contributed by atoms with Gasteiger partial charge in [-0.1, -0.05) is 54.6 Å². The highest BCUT2D eigenvalue weighted by Gasteiger charge is 2.30. The zero-order chi connectivity index (χ0) is 22.8. The Morgan fingerprint density at radius 1 is 0.938 bits per heavy atom. The van der Waals surface area contributed by atoms with E-state index in [1.54, 1.807) is 13.0 Å². The van der Waals surface area contributed by atoms with Gasteiger partial charge in [0.05, 0.1) is 0 Å². The highest BCUT2D eigenvalue weighted by molar-refractivity contribution is 5.81. The van der Waals surface area contributed by atoms with Crippen LogP contribution in [0.3, 0.4) is 0 Å². The van der Waals surface area contributed by atoms with Crippen LogP contribution in [-0.4, -0.2) is 34.9 Å². The molecule has 3 N–H and O–H groups in total. The second-order valence-corrected chi connectivity index (χ2v) is 8.06. The minimum atomic E-state index is -1.15. The maximum Gasteiger partial charge on any atom is 0.407 e. The van der Waals surface area contributed by atoms with E-state index in [1.165, 1.54) is 6.07 Å². The number of phenolic OH excluding ortho intramolecular Hbond substituents is 1. The first kappa shape index (κ1) is 21.4. The number of amides is 1. The number of carboxylic acid groups (broad SMARTS) is 1. The first-order chi connectivity index (χ1) is 15.4. The van der Waals surface area contributed by atoms with Gasteiger partial charge in [0.1, 0.15) is 18.4 Å². The molecule has 4 rings (SSSR count). The lowest BCUT2D eigenvalue weighted by atomic mass is 9.97. The van der Waals surface area contributed by atoms with Crippen molar-refractivity contribution in [1.29, 1.82) is 0 Å². The Bertz CT molecular complexity index is 1140. The third-order valence-corrected chi connectivity index (χ3v) is 6.23. The van der Waals surface area contributed by atoms with Crippen molar-refractivity contribution in [2.45, 2.75) is 32.2 Å². The number of carboxylic acids is 1. The van der Waals surface area contributed by atoms with Crippen molar-refractivity contribution < 1.29 is 24.5 Å². The van der Waals surface area contributed by atoms with Crippen LogP contribution in [0.4, 0.5) is 4.79 Å². The Hall–Kier alpha value is -3.80. The van der Waals surface area contributed by atoms with Crippen molar-refractivity contribution in [2.24, 2.45) is 0 Å². The molecular weight excluding hydrogens is 406 g/mol. The lowest BCUT2D eigenvalue weighted by Crippen LogP contribution is -2.43. The number of carbonyl (C=O) groups is 2. The Labute approximate surface area is 186 Å². The minimum absolute atomic E-state index is 0.0898. The van der Waals surface area contributed by atoms with Crippen LogP contribution in [0, 0.1) is 13.8 Å². The highest BCUT2D eigenvalue weighted by Crippen LogP contribution is 2.44. The van der Waals surface area contributed by atoms with E-state index in [0.717, 1.165) is 33.4 Å². The molecule has 0 heterocycles. The van der Waals surface area contributed by atoms with Gasteiger partial charge in [0.2, 0.25) is 0 Å². The molecule has 1 atom stereocenters. The van der Waals surface area contributed by atoms with Crippen LogP contribution in [0.5, 0.6) is 5.75 Å². The molecule has 0 aliphatic heterocycles. The average Bonchev–Trinajstić information content (AvgIpc) is 3.11. The van der Waals surface area contributed by atoms with Crippen LogP contribution < -0.4 is 5.32 Å². The molecule has 3 aromatic carbocycles. The molecule has 0 spiro atoms. The first-order valence-corrected chi connectivity index (χ1v) is 10.5. The molecule has 1 aliphatic carbocycles. The molecular formula is C26H25NO5. The number of nitrogens with one attached hydrogen (secondary N) is 1. The van der Waals surface area contributed by atoms with Gasteiger partial charge < -0.3 is 20.3 Å². The Morgan fingerprint density at radius 2 is 1.53 bits per heavy atom. The van der Waals surface area contributed by atoms with E-state index in [1.807, 2.05) is 43.3 Å². The smallest absolute Gasteiger partial charge is 0.407 e. The van der Waals surface area contributed by atoms with Gasteiger partial charge in [0.15, 0.2) is 0 Å². The fraction of sp³-hybridized carbons (Fsp3) is 0.231. The second-order valence-electron chi connectivity index (χ2n) is 8.06. The van der Waals surface area contributed by atoms with Crippen LogP contribution in [0.25, 0.3) is 11.1 Å². The molecule has 32 heavy (non-hydrogen) atoms. The van der Waals surface area contributed by atoms with Gasteiger partial charge in [-0.2, -0.15) is 0 Å². The summed E-state index contributed by atoms with van der Waals surface area (Å²) >= 11 is 0. The number of ether oxygens (including phenoxy) is 1. The fourth-order valence-electron chi connectivity index (χ4n) is 4.29. The maximum absolute atomic E-state index is 12.5. The number of aromatic hydroxyl groups is 1. The van der Waals surface area contributed by atoms with E-state index in [-0.39, 0.29) is 24.7 Å². The maximum atomic E-state index is 12.5. The number of hydrogen-bond donors (Lipinski definition) is 3. The highest BCUT2D eigenvalue weighted by atomic mass is 16.5. The number of carbonyl (C=O) groups excluding carboxylic acids is 1. The van der Waals surface area contributed by atoms with E-state index in [9.17, 15) is 19.8 Å². The molecule has 0 fully saturated rings. The molecule has 0 radical (unpaired) electrons. The van der Waals surface area contributed by atoms with Gasteiger partial charge in [-0.25, -0.2) is 9.59 Å². The van der Waals surface area contributed by atoms with E-state index >= 15 is 0 Å². The van der Waals surface area contributed by atoms with E-state index in [4.69, 9.17) is 4.74 Å². The van der Waals surface area contributed by atoms with Crippen LogP contribution >= 0.6 is 0 Å². The van der Waals surface area contributed by atoms with Crippen molar-refractivity contribution in [3.63, 3.8) is 0 Å². The predicted molar refractivity (Wildman–Crippen MR) is 121 cm³/mol. The van der Waals surface area contributed by atoms with E-state index in [0.29, 0.717) is 5.56 Å². The van der Waals surface area contributed by atoms with Gasteiger partial charge in [-0.15, -0.1) is 0 Å². The number of fused-ring (bicyclic) bond motifs is 3. The van der Waals surface area contributed by atoms with E-state index < -0.39 is 18.1 Å². The Kier molecular flexibility index (Phi) is 5.86. The van der Waals surface area contributed by atoms with Crippen molar-refractivity contribution in [3.8, 4) is 16.9 Å². The Morgan fingerprint density at radius 3 is 2.12 bits per heavy atom. The first-order valence-electron chi connectivity index (χ1n) is 10.5. The Balaban J connectivity index is 1.45. The third-order valence-electron chi connectivity index (χ3n) is 6.23. The van der Waals surface area contributed by atoms with Crippen molar-refractivity contribution in [2.75, 3.05) is 6.61 Å².